The van der Waals surface area contributed by atoms with Crippen molar-refractivity contribution in [1.29, 1.82) is 0 Å². The predicted octanol–water partition coefficient (Wildman–Crippen LogP) is 0.578. The van der Waals surface area contributed by atoms with Crippen molar-refractivity contribution in [2.75, 3.05) is 10.3 Å². The number of anilines is 3. The molecular formula is C16H20N6O3. The summed E-state index contributed by atoms with van der Waals surface area (Å²) in [4.78, 5) is 41.2. The molecule has 2 rings (SSSR count). The van der Waals surface area contributed by atoms with Crippen LogP contribution < -0.4 is 27.5 Å². The molecule has 0 aliphatic carbocycles. The molecule has 0 unspecified atom stereocenters. The highest BCUT2D eigenvalue weighted by Gasteiger charge is 2.20. The molecule has 1 amide bonds. The van der Waals surface area contributed by atoms with Crippen LogP contribution in [0.3, 0.4) is 0 Å². The van der Waals surface area contributed by atoms with Gasteiger partial charge in [0.25, 0.3) is 11.5 Å². The Morgan fingerprint density at radius 3 is 2.80 bits per heavy atom. The lowest BCUT2D eigenvalue weighted by Gasteiger charge is -2.23. The number of nitrogens with zero attached hydrogens (tertiary/aromatic N) is 2. The van der Waals surface area contributed by atoms with E-state index < -0.39 is 17.5 Å². The number of hydrazine groups is 1. The van der Waals surface area contributed by atoms with E-state index in [1.54, 1.807) is 13.0 Å². The first kappa shape index (κ1) is 18.1. The Hall–Kier alpha value is -3.20. The number of H-pyrrole nitrogens is 1. The van der Waals surface area contributed by atoms with Gasteiger partial charge in [-0.05, 0) is 31.5 Å². The summed E-state index contributed by atoms with van der Waals surface area (Å²) in [7, 11) is 0. The molecule has 2 aromatic rings. The van der Waals surface area contributed by atoms with Crippen LogP contribution in [0.25, 0.3) is 0 Å². The maximum Gasteiger partial charge on any atom is 0.267 e. The Kier molecular flexibility index (Phi) is 5.50. The highest BCUT2D eigenvalue weighted by molar-refractivity contribution is 5.98. The molecule has 9 heteroatoms. The minimum Gasteiger partial charge on any atom is -0.365 e. The quantitative estimate of drug-likeness (QED) is 0.326. The molecule has 132 valence electrons. The number of benzene rings is 1. The Labute approximate surface area is 144 Å². The zero-order chi connectivity index (χ0) is 18.6. The number of aldehydes is 1. The fraction of sp³-hybridized carbons (Fsp3) is 0.250. The molecule has 0 bridgehead atoms. The molecule has 0 saturated heterocycles. The van der Waals surface area contributed by atoms with Crippen LogP contribution in [0, 0.1) is 6.92 Å². The predicted molar refractivity (Wildman–Crippen MR) is 94.6 cm³/mol. The summed E-state index contributed by atoms with van der Waals surface area (Å²) in [5.41, 5.74) is 5.90. The smallest absolute Gasteiger partial charge is 0.267 e. The summed E-state index contributed by atoms with van der Waals surface area (Å²) < 4.78 is 0. The Morgan fingerprint density at radius 1 is 1.48 bits per heavy atom. The third-order valence-corrected chi connectivity index (χ3v) is 3.59. The van der Waals surface area contributed by atoms with E-state index in [4.69, 9.17) is 11.6 Å². The van der Waals surface area contributed by atoms with E-state index in [9.17, 15) is 14.4 Å². The second-order valence-electron chi connectivity index (χ2n) is 5.63. The van der Waals surface area contributed by atoms with Gasteiger partial charge in [-0.1, -0.05) is 12.1 Å². The van der Waals surface area contributed by atoms with Crippen molar-refractivity contribution in [2.45, 2.75) is 26.3 Å². The maximum absolute atomic E-state index is 12.3. The van der Waals surface area contributed by atoms with Crippen LogP contribution in [0.4, 0.5) is 17.5 Å². The fourth-order valence-corrected chi connectivity index (χ4v) is 2.22. The molecule has 25 heavy (non-hydrogen) atoms. The van der Waals surface area contributed by atoms with Crippen molar-refractivity contribution in [2.24, 2.45) is 11.6 Å². The Balaban J connectivity index is 2.50. The molecule has 0 aliphatic heterocycles. The Morgan fingerprint density at radius 2 is 2.20 bits per heavy atom. The zero-order valence-corrected chi connectivity index (χ0v) is 13.9. The summed E-state index contributed by atoms with van der Waals surface area (Å²) >= 11 is 0. The lowest BCUT2D eigenvalue weighted by Crippen LogP contribution is -2.42. The van der Waals surface area contributed by atoms with Gasteiger partial charge in [-0.15, -0.1) is 0 Å². The molecule has 0 aliphatic rings. The molecule has 9 nitrogen and oxygen atoms in total. The van der Waals surface area contributed by atoms with E-state index in [1.807, 2.05) is 25.1 Å². The van der Waals surface area contributed by atoms with Crippen molar-refractivity contribution < 1.29 is 9.59 Å². The number of hydrogen-bond acceptors (Lipinski definition) is 7. The van der Waals surface area contributed by atoms with Crippen LogP contribution in [0.15, 0.2) is 29.1 Å². The van der Waals surface area contributed by atoms with E-state index >= 15 is 0 Å². The van der Waals surface area contributed by atoms with E-state index in [-0.39, 0.29) is 23.8 Å². The van der Waals surface area contributed by atoms with Gasteiger partial charge in [-0.3, -0.25) is 19.6 Å². The van der Waals surface area contributed by atoms with E-state index in [0.29, 0.717) is 12.0 Å². The largest absolute Gasteiger partial charge is 0.365 e. The Bertz CT molecular complexity index is 848. The summed E-state index contributed by atoms with van der Waals surface area (Å²) in [5.74, 6) is 4.99. The van der Waals surface area contributed by atoms with Gasteiger partial charge in [0.1, 0.15) is 11.8 Å². The van der Waals surface area contributed by atoms with Crippen molar-refractivity contribution in [1.82, 2.24) is 9.97 Å². The van der Waals surface area contributed by atoms with Crippen LogP contribution in [0.1, 0.15) is 29.3 Å². The number of aryl methyl sites for hydroxylation is 1. The average Bonchev–Trinajstić information content (AvgIpc) is 2.53. The molecule has 1 atom stereocenters. The number of nitrogens with one attached hydrogen (secondary N) is 2. The lowest BCUT2D eigenvalue weighted by molar-refractivity contribution is -0.108. The molecular weight excluding hydrogens is 324 g/mol. The average molecular weight is 344 g/mol. The molecule has 1 aromatic carbocycles. The van der Waals surface area contributed by atoms with Crippen LogP contribution in [0.2, 0.25) is 0 Å². The number of carbonyl (C=O) groups excluding carboxylic acids is 2. The number of rotatable bonds is 7. The van der Waals surface area contributed by atoms with Crippen molar-refractivity contribution in [3.05, 3.63) is 45.7 Å². The molecule has 0 radical (unpaired) electrons. The number of nitrogens with two attached hydrogens (primary N) is 2. The van der Waals surface area contributed by atoms with Crippen LogP contribution in [-0.2, 0) is 4.79 Å². The van der Waals surface area contributed by atoms with Gasteiger partial charge in [-0.25, -0.2) is 5.84 Å². The second-order valence-corrected chi connectivity index (χ2v) is 5.63. The van der Waals surface area contributed by atoms with Gasteiger partial charge >= 0.3 is 0 Å². The van der Waals surface area contributed by atoms with Gasteiger partial charge in [0.15, 0.2) is 5.82 Å². The van der Waals surface area contributed by atoms with Crippen molar-refractivity contribution >= 4 is 29.6 Å². The van der Waals surface area contributed by atoms with Crippen LogP contribution >= 0.6 is 0 Å². The van der Waals surface area contributed by atoms with E-state index in [2.05, 4.69) is 15.3 Å². The zero-order valence-electron chi connectivity index (χ0n) is 13.9. The summed E-state index contributed by atoms with van der Waals surface area (Å²) in [6.45, 7) is 3.60. The number of hydrogen-bond donors (Lipinski definition) is 4. The van der Waals surface area contributed by atoms with Gasteiger partial charge < -0.3 is 15.8 Å². The lowest BCUT2D eigenvalue weighted by atomic mass is 10.2. The first-order valence-electron chi connectivity index (χ1n) is 7.59. The summed E-state index contributed by atoms with van der Waals surface area (Å²) in [6, 6.07) is 6.90. The number of amides is 1. The van der Waals surface area contributed by atoms with Crippen LogP contribution in [-0.4, -0.2) is 28.2 Å². The monoisotopic (exact) mass is 344 g/mol. The standard InChI is InChI=1S/C16H20N6O3/c1-9-4-3-5-11(8-9)19-14-12(13(17)24)15(25)21-16(20-14)22(18)10(2)6-7-23/h3-5,7-8,10H,6,18H2,1-2H3,(H2,17,24)(H2,19,20,21,25)/t10-/m1/s1. The highest BCUT2D eigenvalue weighted by Crippen LogP contribution is 2.19. The first-order valence-corrected chi connectivity index (χ1v) is 7.59. The third-order valence-electron chi connectivity index (χ3n) is 3.59. The number of primary amides is 1. The normalized spacial score (nSPS) is 11.6. The summed E-state index contributed by atoms with van der Waals surface area (Å²) in [5, 5.41) is 4.07. The third kappa shape index (κ3) is 4.21. The molecule has 0 spiro atoms. The molecule has 0 fully saturated rings. The number of aromatic amines is 1. The summed E-state index contributed by atoms with van der Waals surface area (Å²) in [6.07, 6.45) is 0.866. The molecule has 1 aromatic heterocycles. The minimum absolute atomic E-state index is 0.00870. The SMILES string of the molecule is Cc1cccc(Nc2nc(N(N)[C@H](C)CC=O)[nH]c(=O)c2C(N)=O)c1. The minimum atomic E-state index is -0.917. The molecule has 6 N–H and O–H groups in total. The van der Waals surface area contributed by atoms with E-state index in [1.165, 1.54) is 0 Å². The van der Waals surface area contributed by atoms with Gasteiger partial charge in [-0.2, -0.15) is 4.98 Å². The topological polar surface area (TPSA) is 147 Å². The van der Waals surface area contributed by atoms with Crippen molar-refractivity contribution in [3.63, 3.8) is 0 Å². The van der Waals surface area contributed by atoms with Gasteiger partial charge in [0.2, 0.25) is 5.95 Å². The number of carbonyl (C=O) groups is 2. The maximum atomic E-state index is 12.3. The highest BCUT2D eigenvalue weighted by atomic mass is 16.2. The number of aromatic nitrogens is 2. The first-order chi connectivity index (χ1) is 11.8. The van der Waals surface area contributed by atoms with Gasteiger partial charge in [0.05, 0.1) is 6.04 Å². The van der Waals surface area contributed by atoms with Crippen LogP contribution in [0.5, 0.6) is 0 Å². The molecule has 0 saturated carbocycles. The fourth-order valence-electron chi connectivity index (χ4n) is 2.22. The molecule has 1 heterocycles. The van der Waals surface area contributed by atoms with Gasteiger partial charge in [0, 0.05) is 12.1 Å². The van der Waals surface area contributed by atoms with E-state index in [0.717, 1.165) is 10.6 Å². The van der Waals surface area contributed by atoms with Crippen molar-refractivity contribution in [3.8, 4) is 0 Å². The second kappa shape index (κ2) is 7.58.